The number of rotatable bonds is 0. The van der Waals surface area contributed by atoms with Gasteiger partial charge < -0.3 is 5.73 Å². The molecule has 0 aliphatic heterocycles. The van der Waals surface area contributed by atoms with Gasteiger partial charge in [0.1, 0.15) is 5.82 Å². The van der Waals surface area contributed by atoms with Crippen LogP contribution in [0.25, 0.3) is 0 Å². The summed E-state index contributed by atoms with van der Waals surface area (Å²) in [5.41, 5.74) is 4.87. The molecule has 0 radical (unpaired) electrons. The molecule has 0 aromatic heterocycles. The van der Waals surface area contributed by atoms with Gasteiger partial charge in [-0.2, -0.15) is 0 Å². The third kappa shape index (κ3) is 1.49. The fourth-order valence-electron chi connectivity index (χ4n) is 0.597. The summed E-state index contributed by atoms with van der Waals surface area (Å²) in [4.78, 5) is -0.170. The molecule has 1 nitrogen and oxygen atoms in total. The van der Waals surface area contributed by atoms with Crippen molar-refractivity contribution in [2.45, 2.75) is 4.90 Å². The quantitative estimate of drug-likeness (QED) is 0.407. The maximum atomic E-state index is 12.8. The highest BCUT2D eigenvalue weighted by atomic mass is 79.9. The highest BCUT2D eigenvalue weighted by Crippen LogP contribution is 2.29. The molecule has 0 aliphatic rings. The SMILES string of the molecule is Nc1c(F)cc(Br)c(F)c1S. The number of nitrogens with two attached hydrogens (primary N) is 1. The van der Waals surface area contributed by atoms with Crippen LogP contribution in [0.2, 0.25) is 0 Å². The molecule has 0 fully saturated rings. The monoisotopic (exact) mass is 239 g/mol. The summed E-state index contributed by atoms with van der Waals surface area (Å²) in [7, 11) is 0. The number of hydrogen-bond acceptors (Lipinski definition) is 2. The van der Waals surface area contributed by atoms with E-state index in [0.29, 0.717) is 0 Å². The van der Waals surface area contributed by atoms with Gasteiger partial charge in [-0.15, -0.1) is 12.6 Å². The van der Waals surface area contributed by atoms with Gasteiger partial charge in [0.15, 0.2) is 5.82 Å². The van der Waals surface area contributed by atoms with E-state index in [-0.39, 0.29) is 15.1 Å². The number of halogens is 3. The smallest absolute Gasteiger partial charge is 0.152 e. The molecule has 60 valence electrons. The summed E-state index contributed by atoms with van der Waals surface area (Å²) in [6.07, 6.45) is 0. The molecule has 0 unspecified atom stereocenters. The Labute approximate surface area is 76.1 Å². The van der Waals surface area contributed by atoms with Crippen molar-refractivity contribution in [2.24, 2.45) is 0 Å². The Balaban J connectivity index is 3.46. The van der Waals surface area contributed by atoms with Crippen LogP contribution in [0.4, 0.5) is 14.5 Å². The predicted octanol–water partition coefficient (Wildman–Crippen LogP) is 2.60. The average Bonchev–Trinajstić information content (AvgIpc) is 1.97. The molecule has 0 saturated carbocycles. The minimum Gasteiger partial charge on any atom is -0.395 e. The third-order valence-electron chi connectivity index (χ3n) is 1.18. The van der Waals surface area contributed by atoms with Gasteiger partial charge in [-0.05, 0) is 22.0 Å². The predicted molar refractivity (Wildman–Crippen MR) is 45.7 cm³/mol. The lowest BCUT2D eigenvalue weighted by molar-refractivity contribution is 0.576. The maximum absolute atomic E-state index is 12.8. The van der Waals surface area contributed by atoms with E-state index in [9.17, 15) is 8.78 Å². The van der Waals surface area contributed by atoms with Crippen LogP contribution in [0.5, 0.6) is 0 Å². The second-order valence-corrected chi connectivity index (χ2v) is 3.22. The van der Waals surface area contributed by atoms with Crippen LogP contribution in [0.15, 0.2) is 15.4 Å². The summed E-state index contributed by atoms with van der Waals surface area (Å²) in [6, 6.07) is 0.963. The van der Waals surface area contributed by atoms with Gasteiger partial charge in [0.05, 0.1) is 15.1 Å². The highest BCUT2D eigenvalue weighted by Gasteiger charge is 2.11. The Kier molecular flexibility index (Phi) is 2.39. The van der Waals surface area contributed by atoms with Crippen LogP contribution in [0.1, 0.15) is 0 Å². The molecule has 11 heavy (non-hydrogen) atoms. The molecule has 0 spiro atoms. The Morgan fingerprint density at radius 2 is 2.00 bits per heavy atom. The van der Waals surface area contributed by atoms with Crippen molar-refractivity contribution in [3.63, 3.8) is 0 Å². The van der Waals surface area contributed by atoms with E-state index in [1.54, 1.807) is 0 Å². The van der Waals surface area contributed by atoms with E-state index in [0.717, 1.165) is 6.07 Å². The van der Waals surface area contributed by atoms with Crippen molar-refractivity contribution >= 4 is 34.2 Å². The molecule has 0 amide bonds. The second-order valence-electron chi connectivity index (χ2n) is 1.92. The van der Waals surface area contributed by atoms with E-state index >= 15 is 0 Å². The maximum Gasteiger partial charge on any atom is 0.152 e. The van der Waals surface area contributed by atoms with Gasteiger partial charge in [-0.3, -0.25) is 0 Å². The number of nitrogen functional groups attached to an aromatic ring is 1. The molecule has 0 atom stereocenters. The van der Waals surface area contributed by atoms with Gasteiger partial charge in [-0.1, -0.05) is 0 Å². The molecule has 0 saturated heterocycles. The van der Waals surface area contributed by atoms with Crippen LogP contribution in [-0.2, 0) is 0 Å². The second kappa shape index (κ2) is 2.98. The van der Waals surface area contributed by atoms with Crippen molar-refractivity contribution in [3.05, 3.63) is 22.2 Å². The molecule has 1 rings (SSSR count). The van der Waals surface area contributed by atoms with E-state index in [1.807, 2.05) is 0 Å². The fraction of sp³-hybridized carbons (Fsp3) is 0. The zero-order valence-electron chi connectivity index (χ0n) is 5.24. The van der Waals surface area contributed by atoms with Crippen LogP contribution < -0.4 is 5.73 Å². The summed E-state index contributed by atoms with van der Waals surface area (Å²) in [5, 5.41) is 0. The third-order valence-corrected chi connectivity index (χ3v) is 2.20. The Morgan fingerprint density at radius 1 is 1.45 bits per heavy atom. The number of hydrogen-bond donors (Lipinski definition) is 2. The molecule has 1 aromatic carbocycles. The van der Waals surface area contributed by atoms with Crippen LogP contribution in [-0.4, -0.2) is 0 Å². The normalized spacial score (nSPS) is 10.2. The number of benzene rings is 1. The average molecular weight is 240 g/mol. The Morgan fingerprint density at radius 3 is 2.55 bits per heavy atom. The Hall–Kier alpha value is -0.290. The zero-order valence-corrected chi connectivity index (χ0v) is 7.72. The number of anilines is 1. The largest absolute Gasteiger partial charge is 0.395 e. The first-order chi connectivity index (χ1) is 5.04. The van der Waals surface area contributed by atoms with Crippen molar-refractivity contribution in [2.75, 3.05) is 5.73 Å². The molecule has 5 heteroatoms. The summed E-state index contributed by atoms with van der Waals surface area (Å²) >= 11 is 6.49. The van der Waals surface area contributed by atoms with Crippen molar-refractivity contribution in [1.29, 1.82) is 0 Å². The summed E-state index contributed by atoms with van der Waals surface area (Å²) < 4.78 is 25.5. The minimum absolute atomic E-state index is 0.0224. The van der Waals surface area contributed by atoms with Gasteiger partial charge >= 0.3 is 0 Å². The first kappa shape index (κ1) is 8.80. The van der Waals surface area contributed by atoms with Gasteiger partial charge in [-0.25, -0.2) is 8.78 Å². The van der Waals surface area contributed by atoms with Gasteiger partial charge in [0.2, 0.25) is 0 Å². The van der Waals surface area contributed by atoms with E-state index in [4.69, 9.17) is 5.73 Å². The van der Waals surface area contributed by atoms with Gasteiger partial charge in [0, 0.05) is 0 Å². The molecule has 0 heterocycles. The lowest BCUT2D eigenvalue weighted by Gasteiger charge is -2.02. The fourth-order valence-corrected chi connectivity index (χ4v) is 1.38. The van der Waals surface area contributed by atoms with Crippen molar-refractivity contribution in [1.82, 2.24) is 0 Å². The molecule has 2 N–H and O–H groups in total. The molecule has 0 aliphatic carbocycles. The first-order valence-electron chi connectivity index (χ1n) is 2.66. The van der Waals surface area contributed by atoms with Crippen molar-refractivity contribution in [3.8, 4) is 0 Å². The number of thiol groups is 1. The molecule has 0 bridgehead atoms. The van der Waals surface area contributed by atoms with Crippen LogP contribution in [0.3, 0.4) is 0 Å². The first-order valence-corrected chi connectivity index (χ1v) is 3.90. The van der Waals surface area contributed by atoms with E-state index < -0.39 is 11.6 Å². The van der Waals surface area contributed by atoms with E-state index in [2.05, 4.69) is 28.6 Å². The van der Waals surface area contributed by atoms with Crippen molar-refractivity contribution < 1.29 is 8.78 Å². The summed E-state index contributed by atoms with van der Waals surface area (Å²) in [6.45, 7) is 0. The van der Waals surface area contributed by atoms with Crippen LogP contribution in [0, 0.1) is 11.6 Å². The highest BCUT2D eigenvalue weighted by molar-refractivity contribution is 9.10. The van der Waals surface area contributed by atoms with Crippen LogP contribution >= 0.6 is 28.6 Å². The van der Waals surface area contributed by atoms with Gasteiger partial charge in [0.25, 0.3) is 0 Å². The lowest BCUT2D eigenvalue weighted by atomic mass is 10.3. The molecule has 1 aromatic rings. The minimum atomic E-state index is -0.678. The zero-order chi connectivity index (χ0) is 8.59. The van der Waals surface area contributed by atoms with E-state index in [1.165, 1.54) is 0 Å². The Bertz CT molecular complexity index is 277. The molecular formula is C6H4BrF2NS. The lowest BCUT2D eigenvalue weighted by Crippen LogP contribution is -1.95. The standard InChI is InChI=1S/C6H4BrF2NS/c7-2-1-3(8)5(10)6(11)4(2)9/h1,11H,10H2. The summed E-state index contributed by atoms with van der Waals surface area (Å²) in [5.74, 6) is -1.32. The topological polar surface area (TPSA) is 26.0 Å². The molecular weight excluding hydrogens is 236 g/mol.